The van der Waals surface area contributed by atoms with Gasteiger partial charge < -0.3 is 10.5 Å². The van der Waals surface area contributed by atoms with Crippen LogP contribution in [0.4, 0.5) is 4.39 Å². The molecule has 3 N–H and O–H groups in total. The average Bonchev–Trinajstić information content (AvgIpc) is 2.29. The first-order valence-electron chi connectivity index (χ1n) is 5.88. The Balaban J connectivity index is 2.68. The first-order valence-corrected chi connectivity index (χ1v) is 6.68. The van der Waals surface area contributed by atoms with Gasteiger partial charge in [0.15, 0.2) is 11.6 Å². The van der Waals surface area contributed by atoms with Crippen molar-refractivity contribution in [1.82, 2.24) is 0 Å². The molecule has 0 aliphatic carbocycles. The van der Waals surface area contributed by atoms with Gasteiger partial charge in [-0.3, -0.25) is 5.41 Å². The molecule has 0 aliphatic rings. The number of benzene rings is 1. The van der Waals surface area contributed by atoms with Crippen LogP contribution in [0.3, 0.4) is 0 Å². The summed E-state index contributed by atoms with van der Waals surface area (Å²) < 4.78 is 19.4. The summed E-state index contributed by atoms with van der Waals surface area (Å²) in [5, 5.41) is 7.30. The Morgan fingerprint density at radius 3 is 2.72 bits per heavy atom. The van der Waals surface area contributed by atoms with Crippen molar-refractivity contribution in [3.8, 4) is 5.75 Å². The van der Waals surface area contributed by atoms with Crippen molar-refractivity contribution >= 4 is 21.8 Å². The van der Waals surface area contributed by atoms with Crippen LogP contribution in [0, 0.1) is 17.1 Å². The number of amidine groups is 1. The fraction of sp³-hybridized carbons (Fsp3) is 0.462. The van der Waals surface area contributed by atoms with E-state index in [1.54, 1.807) is 6.07 Å². The van der Waals surface area contributed by atoms with E-state index in [9.17, 15) is 4.39 Å². The second-order valence-electron chi connectivity index (χ2n) is 4.54. The molecule has 0 bridgehead atoms. The molecule has 3 nitrogen and oxygen atoms in total. The van der Waals surface area contributed by atoms with Crippen LogP contribution in [0.15, 0.2) is 16.6 Å². The number of halogens is 2. The first-order chi connectivity index (χ1) is 8.43. The summed E-state index contributed by atoms with van der Waals surface area (Å²) >= 11 is 3.09. The molecule has 1 rings (SSSR count). The Kier molecular flexibility index (Phi) is 5.59. The van der Waals surface area contributed by atoms with Crippen LogP contribution in [0.2, 0.25) is 0 Å². The molecular weight excluding hydrogens is 299 g/mol. The molecule has 0 heterocycles. The highest BCUT2D eigenvalue weighted by Gasteiger charge is 2.13. The van der Waals surface area contributed by atoms with Gasteiger partial charge in [-0.2, -0.15) is 0 Å². The third-order valence-electron chi connectivity index (χ3n) is 2.52. The molecule has 0 amide bonds. The predicted molar refractivity (Wildman–Crippen MR) is 74.7 cm³/mol. The van der Waals surface area contributed by atoms with Gasteiger partial charge in [0.25, 0.3) is 0 Å². The highest BCUT2D eigenvalue weighted by Crippen LogP contribution is 2.28. The average molecular weight is 317 g/mol. The lowest BCUT2D eigenvalue weighted by Crippen LogP contribution is -2.13. The predicted octanol–water partition coefficient (Wildman–Crippen LogP) is 3.69. The number of rotatable bonds is 6. The maximum atomic E-state index is 13.9. The van der Waals surface area contributed by atoms with Gasteiger partial charge in [0.1, 0.15) is 5.84 Å². The second-order valence-corrected chi connectivity index (χ2v) is 5.33. The summed E-state index contributed by atoms with van der Waals surface area (Å²) in [7, 11) is 0. The number of hydrogen-bond acceptors (Lipinski definition) is 2. The third-order valence-corrected chi connectivity index (χ3v) is 3.30. The zero-order chi connectivity index (χ0) is 13.7. The number of ether oxygens (including phenoxy) is 1. The van der Waals surface area contributed by atoms with Crippen molar-refractivity contribution in [3.63, 3.8) is 0 Å². The molecule has 5 heteroatoms. The van der Waals surface area contributed by atoms with Gasteiger partial charge in [-0.25, -0.2) is 4.39 Å². The zero-order valence-corrected chi connectivity index (χ0v) is 12.2. The number of nitrogens with one attached hydrogen (secondary N) is 1. The summed E-state index contributed by atoms with van der Waals surface area (Å²) in [4.78, 5) is 0. The maximum absolute atomic E-state index is 13.9. The fourth-order valence-corrected chi connectivity index (χ4v) is 2.07. The van der Waals surface area contributed by atoms with E-state index < -0.39 is 5.82 Å². The Labute approximate surface area is 115 Å². The van der Waals surface area contributed by atoms with Gasteiger partial charge >= 0.3 is 0 Å². The molecule has 0 spiro atoms. The van der Waals surface area contributed by atoms with Crippen LogP contribution >= 0.6 is 15.9 Å². The van der Waals surface area contributed by atoms with E-state index in [0.29, 0.717) is 18.1 Å². The molecule has 0 atom stereocenters. The summed E-state index contributed by atoms with van der Waals surface area (Å²) in [6.45, 7) is 4.76. The molecule has 0 radical (unpaired) electrons. The van der Waals surface area contributed by atoms with Crippen molar-refractivity contribution in [2.45, 2.75) is 26.7 Å². The van der Waals surface area contributed by atoms with Crippen LogP contribution < -0.4 is 10.5 Å². The fourth-order valence-electron chi connectivity index (χ4n) is 1.52. The van der Waals surface area contributed by atoms with E-state index in [1.165, 1.54) is 6.07 Å². The van der Waals surface area contributed by atoms with Crippen molar-refractivity contribution in [2.75, 3.05) is 6.61 Å². The number of nitrogen functional groups attached to an aromatic ring is 1. The van der Waals surface area contributed by atoms with Gasteiger partial charge in [0, 0.05) is 5.56 Å². The molecule has 0 saturated heterocycles. The third kappa shape index (κ3) is 3.98. The topological polar surface area (TPSA) is 59.1 Å². The van der Waals surface area contributed by atoms with Gasteiger partial charge in [-0.1, -0.05) is 13.8 Å². The Bertz CT molecular complexity index is 435. The van der Waals surface area contributed by atoms with Gasteiger partial charge in [0.05, 0.1) is 11.1 Å². The molecule has 0 unspecified atom stereocenters. The molecular formula is C13H18BrFN2O. The molecule has 1 aromatic carbocycles. The highest BCUT2D eigenvalue weighted by molar-refractivity contribution is 9.10. The smallest absolute Gasteiger partial charge is 0.179 e. The molecule has 0 aliphatic heterocycles. The molecule has 1 aromatic rings. The number of hydrogen-bond donors (Lipinski definition) is 2. The lowest BCUT2D eigenvalue weighted by atomic mass is 10.1. The van der Waals surface area contributed by atoms with Crippen LogP contribution in [-0.4, -0.2) is 12.4 Å². The van der Waals surface area contributed by atoms with Crippen molar-refractivity contribution < 1.29 is 9.13 Å². The van der Waals surface area contributed by atoms with E-state index in [-0.39, 0.29) is 16.1 Å². The molecule has 0 fully saturated rings. The van der Waals surface area contributed by atoms with Crippen LogP contribution in [0.1, 0.15) is 32.3 Å². The standard InChI is InChI=1S/C13H18BrFN2O/c1-8(2)4-3-7-18-10-6-5-9(13(16)17)11(14)12(10)15/h5-6,8H,3-4,7H2,1-2H3,(H3,16,17). The molecule has 100 valence electrons. The van der Waals surface area contributed by atoms with E-state index in [4.69, 9.17) is 15.9 Å². The van der Waals surface area contributed by atoms with E-state index in [2.05, 4.69) is 29.8 Å². The monoisotopic (exact) mass is 316 g/mol. The quantitative estimate of drug-likeness (QED) is 0.477. The van der Waals surface area contributed by atoms with Gasteiger partial charge in [-0.15, -0.1) is 0 Å². The summed E-state index contributed by atoms with van der Waals surface area (Å²) in [5.74, 6) is 0.125. The van der Waals surface area contributed by atoms with Crippen molar-refractivity contribution in [3.05, 3.63) is 28.0 Å². The SMILES string of the molecule is CC(C)CCCOc1ccc(C(=N)N)c(Br)c1F. The lowest BCUT2D eigenvalue weighted by molar-refractivity contribution is 0.283. The summed E-state index contributed by atoms with van der Waals surface area (Å²) in [6.07, 6.45) is 1.94. The first kappa shape index (κ1) is 15.0. The molecule has 0 aromatic heterocycles. The largest absolute Gasteiger partial charge is 0.490 e. The van der Waals surface area contributed by atoms with Crippen LogP contribution in [0.5, 0.6) is 5.75 Å². The molecule has 18 heavy (non-hydrogen) atoms. The minimum atomic E-state index is -0.507. The van der Waals surface area contributed by atoms with Gasteiger partial charge in [0.2, 0.25) is 0 Å². The van der Waals surface area contributed by atoms with E-state index in [1.807, 2.05) is 0 Å². The van der Waals surface area contributed by atoms with E-state index in [0.717, 1.165) is 12.8 Å². The lowest BCUT2D eigenvalue weighted by Gasteiger charge is -2.11. The van der Waals surface area contributed by atoms with Crippen LogP contribution in [-0.2, 0) is 0 Å². The Morgan fingerprint density at radius 1 is 1.50 bits per heavy atom. The summed E-state index contributed by atoms with van der Waals surface area (Å²) in [6, 6.07) is 3.08. The van der Waals surface area contributed by atoms with Crippen molar-refractivity contribution in [2.24, 2.45) is 11.7 Å². The zero-order valence-electron chi connectivity index (χ0n) is 10.6. The Morgan fingerprint density at radius 2 is 2.17 bits per heavy atom. The minimum absolute atomic E-state index is 0.174. The van der Waals surface area contributed by atoms with E-state index >= 15 is 0 Å². The Hall–Kier alpha value is -1.10. The molecule has 0 saturated carbocycles. The minimum Gasteiger partial charge on any atom is -0.490 e. The second kappa shape index (κ2) is 6.73. The highest BCUT2D eigenvalue weighted by atomic mass is 79.9. The van der Waals surface area contributed by atoms with Crippen molar-refractivity contribution in [1.29, 1.82) is 5.41 Å². The normalized spacial score (nSPS) is 10.7. The van der Waals surface area contributed by atoms with Gasteiger partial charge in [-0.05, 0) is 46.8 Å². The number of nitrogens with two attached hydrogens (primary N) is 1. The summed E-state index contributed by atoms with van der Waals surface area (Å²) in [5.41, 5.74) is 5.67. The maximum Gasteiger partial charge on any atom is 0.179 e. The van der Waals surface area contributed by atoms with Crippen LogP contribution in [0.25, 0.3) is 0 Å².